The van der Waals surface area contributed by atoms with E-state index in [1.807, 2.05) is 37.3 Å². The van der Waals surface area contributed by atoms with Crippen molar-refractivity contribution in [2.45, 2.75) is 57.6 Å². The van der Waals surface area contributed by atoms with Gasteiger partial charge in [-0.2, -0.15) is 0 Å². The Bertz CT molecular complexity index is 1420. The number of nitrogens with zero attached hydrogens (tertiary/aromatic N) is 1. The number of hydrogen-bond acceptors (Lipinski definition) is 9. The van der Waals surface area contributed by atoms with Crippen LogP contribution in [0.3, 0.4) is 0 Å². The van der Waals surface area contributed by atoms with Gasteiger partial charge in [0.1, 0.15) is 5.76 Å². The fourth-order valence-corrected chi connectivity index (χ4v) is 10.7. The van der Waals surface area contributed by atoms with Crippen molar-refractivity contribution in [3.05, 3.63) is 71.4 Å². The molecule has 2 saturated heterocycles. The van der Waals surface area contributed by atoms with Crippen LogP contribution < -0.4 is 4.74 Å². The molecule has 2 aromatic carbocycles. The zero-order valence-electron chi connectivity index (χ0n) is 22.5. The second-order valence-corrected chi connectivity index (χ2v) is 15.4. The number of oxazole rings is 1. The minimum Gasteiger partial charge on any atom is -0.490 e. The lowest BCUT2D eigenvalue weighted by atomic mass is 10.2. The molecule has 2 unspecified atom stereocenters. The third-order valence-corrected chi connectivity index (χ3v) is 12.3. The van der Waals surface area contributed by atoms with Crippen LogP contribution in [0.5, 0.6) is 5.75 Å². The minimum atomic E-state index is -4.06. The molecule has 0 aliphatic carbocycles. The van der Waals surface area contributed by atoms with Gasteiger partial charge in [-0.15, -0.1) is 0 Å². The van der Waals surface area contributed by atoms with E-state index in [1.54, 1.807) is 27.7 Å². The SMILES string of the molecule is Cc1oc(-c2ccccc2)nc1CCOc1ccc(C(P2(=O)OCC(C)(C)O2)P2(=O)OCC(C)(C)O2)cc1F. The lowest BCUT2D eigenvalue weighted by Gasteiger charge is -2.28. The molecule has 3 heterocycles. The predicted molar refractivity (Wildman–Crippen MR) is 142 cm³/mol. The van der Waals surface area contributed by atoms with Gasteiger partial charge >= 0.3 is 15.2 Å². The second kappa shape index (κ2) is 10.3. The number of halogens is 1. The van der Waals surface area contributed by atoms with Crippen molar-refractivity contribution in [3.8, 4) is 17.2 Å². The first-order valence-corrected chi connectivity index (χ1v) is 15.9. The van der Waals surface area contributed by atoms with E-state index >= 15 is 4.39 Å². The zero-order valence-corrected chi connectivity index (χ0v) is 24.3. The lowest BCUT2D eigenvalue weighted by molar-refractivity contribution is 0.134. The van der Waals surface area contributed by atoms with Crippen LogP contribution in [0, 0.1) is 12.7 Å². The maximum Gasteiger partial charge on any atom is 0.350 e. The highest BCUT2D eigenvalue weighted by Crippen LogP contribution is 2.83. The molecule has 1 aromatic heterocycles. The first kappa shape index (κ1) is 28.2. The van der Waals surface area contributed by atoms with Gasteiger partial charge in [-0.25, -0.2) is 9.37 Å². The maximum atomic E-state index is 15.3. The van der Waals surface area contributed by atoms with Gasteiger partial charge in [-0.1, -0.05) is 24.3 Å². The number of aromatic nitrogens is 1. The summed E-state index contributed by atoms with van der Waals surface area (Å²) in [7, 11) is -8.12. The summed E-state index contributed by atoms with van der Waals surface area (Å²) in [5.74, 6) is 0.410. The average molecular weight is 579 g/mol. The smallest absolute Gasteiger partial charge is 0.350 e. The van der Waals surface area contributed by atoms with Crippen LogP contribution in [0.2, 0.25) is 0 Å². The Morgan fingerprint density at radius 3 is 2.13 bits per heavy atom. The van der Waals surface area contributed by atoms with Gasteiger partial charge in [-0.3, -0.25) is 18.2 Å². The second-order valence-electron chi connectivity index (χ2n) is 10.9. The molecule has 12 heteroatoms. The summed E-state index contributed by atoms with van der Waals surface area (Å²) in [4.78, 5) is 4.54. The van der Waals surface area contributed by atoms with Crippen LogP contribution in [0.15, 0.2) is 52.9 Å². The van der Waals surface area contributed by atoms with Gasteiger partial charge < -0.3 is 18.2 Å². The van der Waals surface area contributed by atoms with Gasteiger partial charge in [0.05, 0.1) is 36.7 Å². The van der Waals surface area contributed by atoms with Gasteiger partial charge in [0.25, 0.3) is 0 Å². The van der Waals surface area contributed by atoms with Crippen LogP contribution in [-0.4, -0.2) is 36.0 Å². The van der Waals surface area contributed by atoms with Crippen LogP contribution in [0.1, 0.15) is 50.1 Å². The molecule has 0 saturated carbocycles. The van der Waals surface area contributed by atoms with E-state index in [4.69, 9.17) is 27.2 Å². The van der Waals surface area contributed by atoms with Crippen molar-refractivity contribution >= 4 is 15.2 Å². The Balaban J connectivity index is 1.34. The molecule has 210 valence electrons. The van der Waals surface area contributed by atoms with Crippen molar-refractivity contribution in [1.82, 2.24) is 4.98 Å². The molecule has 3 aromatic rings. The van der Waals surface area contributed by atoms with E-state index in [1.165, 1.54) is 12.1 Å². The summed E-state index contributed by atoms with van der Waals surface area (Å²) in [6, 6.07) is 13.5. The van der Waals surface area contributed by atoms with Gasteiger partial charge in [0.2, 0.25) is 5.89 Å². The Hall–Kier alpha value is -2.32. The third kappa shape index (κ3) is 5.92. The molecule has 0 bridgehead atoms. The molecular formula is C27H32FNO8P2. The molecule has 39 heavy (non-hydrogen) atoms. The van der Waals surface area contributed by atoms with Crippen molar-refractivity contribution in [2.24, 2.45) is 0 Å². The summed E-state index contributed by atoms with van der Waals surface area (Å²) in [6.07, 6.45) is 0.393. The Kier molecular flexibility index (Phi) is 7.42. The third-order valence-electron chi connectivity index (χ3n) is 6.30. The predicted octanol–water partition coefficient (Wildman–Crippen LogP) is 7.45. The Labute approximate surface area is 227 Å². The summed E-state index contributed by atoms with van der Waals surface area (Å²) < 4.78 is 77.1. The summed E-state index contributed by atoms with van der Waals surface area (Å²) in [5.41, 5.74) is -0.0911. The highest BCUT2D eigenvalue weighted by Gasteiger charge is 2.61. The maximum absolute atomic E-state index is 15.3. The van der Waals surface area contributed by atoms with E-state index in [0.29, 0.717) is 23.8 Å². The zero-order chi connectivity index (χ0) is 28.1. The standard InChI is InChI=1S/C27H32FNO8P2/c1-18-22(29-24(35-18)19-9-7-6-8-10-19)13-14-32-23-12-11-20(15-21(23)28)25(38(30)33-16-26(2,3)36-38)39(31)34-17-27(4,5)37-39/h6-12,15,25H,13-14,16-17H2,1-5H3. The number of hydrogen-bond donors (Lipinski definition) is 0. The molecule has 0 radical (unpaired) electrons. The van der Waals surface area contributed by atoms with E-state index in [-0.39, 0.29) is 31.1 Å². The quantitative estimate of drug-likeness (QED) is 0.252. The van der Waals surface area contributed by atoms with Crippen molar-refractivity contribution in [3.63, 3.8) is 0 Å². The van der Waals surface area contributed by atoms with Crippen LogP contribution in [0.4, 0.5) is 4.39 Å². The molecule has 2 aliphatic heterocycles. The van der Waals surface area contributed by atoms with Crippen LogP contribution in [-0.2, 0) is 33.6 Å². The summed E-state index contributed by atoms with van der Waals surface area (Å²) in [5, 5.41) is -1.45. The normalized spacial score (nSPS) is 26.5. The summed E-state index contributed by atoms with van der Waals surface area (Å²) in [6.45, 7) is 8.81. The van der Waals surface area contributed by atoms with E-state index < -0.39 is 37.6 Å². The van der Waals surface area contributed by atoms with Crippen molar-refractivity contribution in [1.29, 1.82) is 0 Å². The number of benzene rings is 2. The van der Waals surface area contributed by atoms with Gasteiger partial charge in [0.15, 0.2) is 17.0 Å². The fraction of sp³-hybridized carbons (Fsp3) is 0.444. The molecule has 0 amide bonds. The highest BCUT2D eigenvalue weighted by atomic mass is 31.2. The monoisotopic (exact) mass is 579 g/mol. The fourth-order valence-electron chi connectivity index (χ4n) is 4.48. The lowest BCUT2D eigenvalue weighted by Crippen LogP contribution is -2.21. The number of aryl methyl sites for hydroxylation is 1. The van der Waals surface area contributed by atoms with E-state index in [0.717, 1.165) is 11.6 Å². The Morgan fingerprint density at radius 1 is 0.974 bits per heavy atom. The van der Waals surface area contributed by atoms with E-state index in [9.17, 15) is 9.13 Å². The molecule has 9 nitrogen and oxygen atoms in total. The summed E-state index contributed by atoms with van der Waals surface area (Å²) >= 11 is 0. The van der Waals surface area contributed by atoms with Crippen LogP contribution >= 0.6 is 15.2 Å². The molecular weight excluding hydrogens is 547 g/mol. The largest absolute Gasteiger partial charge is 0.490 e. The topological polar surface area (TPSA) is 106 Å². The molecule has 2 fully saturated rings. The first-order valence-electron chi connectivity index (χ1n) is 12.6. The average Bonchev–Trinajstić information content (AvgIpc) is 3.47. The van der Waals surface area contributed by atoms with Gasteiger partial charge in [-0.05, 0) is 64.4 Å². The van der Waals surface area contributed by atoms with E-state index in [2.05, 4.69) is 4.98 Å². The van der Waals surface area contributed by atoms with Crippen molar-refractivity contribution < 1.29 is 40.8 Å². The Morgan fingerprint density at radius 2 is 1.59 bits per heavy atom. The molecule has 2 aliphatic rings. The van der Waals surface area contributed by atoms with Gasteiger partial charge in [0, 0.05) is 12.0 Å². The molecule has 0 spiro atoms. The molecule has 2 atom stereocenters. The van der Waals surface area contributed by atoms with Crippen molar-refractivity contribution in [2.75, 3.05) is 19.8 Å². The molecule has 0 N–H and O–H groups in total. The van der Waals surface area contributed by atoms with Crippen LogP contribution in [0.25, 0.3) is 11.5 Å². The highest BCUT2D eigenvalue weighted by molar-refractivity contribution is 7.72. The number of rotatable bonds is 8. The first-order chi connectivity index (χ1) is 18.3. The molecule has 5 rings (SSSR count). The minimum absolute atomic E-state index is 0.0152. The number of ether oxygens (including phenoxy) is 1.